The van der Waals surface area contributed by atoms with Gasteiger partial charge in [-0.25, -0.2) is 4.39 Å². The maximum absolute atomic E-state index is 14.0. The molecule has 2 aromatic rings. The molecule has 0 unspecified atom stereocenters. The summed E-state index contributed by atoms with van der Waals surface area (Å²) in [4.78, 5) is 14.8. The number of nitrogens with zero attached hydrogens (tertiary/aromatic N) is 1. The molecule has 9 heteroatoms. The van der Waals surface area contributed by atoms with Crippen molar-refractivity contribution in [3.63, 3.8) is 0 Å². The number of halogens is 4. The van der Waals surface area contributed by atoms with Gasteiger partial charge in [0.25, 0.3) is 0 Å². The van der Waals surface area contributed by atoms with Gasteiger partial charge in [-0.2, -0.15) is 0 Å². The summed E-state index contributed by atoms with van der Waals surface area (Å²) in [5.74, 6) is -1.20. The van der Waals surface area contributed by atoms with Gasteiger partial charge in [0.1, 0.15) is 17.7 Å². The van der Waals surface area contributed by atoms with Gasteiger partial charge in [-0.3, -0.25) is 4.79 Å². The Kier molecular flexibility index (Phi) is 7.73. The van der Waals surface area contributed by atoms with Gasteiger partial charge in [0.2, 0.25) is 5.91 Å². The molecule has 2 N–H and O–H groups in total. The fourth-order valence-corrected chi connectivity index (χ4v) is 3.75. The molecule has 1 aliphatic heterocycles. The van der Waals surface area contributed by atoms with Gasteiger partial charge in [0.05, 0.1) is 12.5 Å². The lowest BCUT2D eigenvalue weighted by Gasteiger charge is -2.29. The average Bonchev–Trinajstić information content (AvgIpc) is 3.22. The number of rotatable bonds is 8. The number of amides is 1. The number of likely N-dealkylation sites (tertiary alicyclic amines) is 1. The highest BCUT2D eigenvalue weighted by Gasteiger charge is 2.31. The van der Waals surface area contributed by atoms with Crippen LogP contribution in [0.4, 0.5) is 17.6 Å². The van der Waals surface area contributed by atoms with Crippen LogP contribution in [0.5, 0.6) is 5.75 Å². The number of carbonyl (C=O) groups is 1. The Bertz CT molecular complexity index is 912. The van der Waals surface area contributed by atoms with Crippen molar-refractivity contribution in [2.24, 2.45) is 0 Å². The van der Waals surface area contributed by atoms with Crippen LogP contribution in [0, 0.1) is 12.7 Å². The van der Waals surface area contributed by atoms with Gasteiger partial charge in [0.15, 0.2) is 0 Å². The smallest absolute Gasteiger partial charge is 0.406 e. The van der Waals surface area contributed by atoms with E-state index in [1.807, 2.05) is 0 Å². The van der Waals surface area contributed by atoms with Crippen molar-refractivity contribution in [3.05, 3.63) is 65.0 Å². The van der Waals surface area contributed by atoms with Gasteiger partial charge in [0, 0.05) is 6.54 Å². The van der Waals surface area contributed by atoms with E-state index in [4.69, 9.17) is 0 Å². The molecule has 0 spiro atoms. The van der Waals surface area contributed by atoms with Crippen LogP contribution < -0.4 is 10.1 Å². The molecule has 1 amide bonds. The first-order chi connectivity index (χ1) is 15.1. The lowest BCUT2D eigenvalue weighted by molar-refractivity contribution is -0.274. The Labute approximate surface area is 184 Å². The summed E-state index contributed by atoms with van der Waals surface area (Å²) in [5, 5.41) is 13.7. The van der Waals surface area contributed by atoms with E-state index in [0.717, 1.165) is 38.1 Å². The third-order valence-corrected chi connectivity index (χ3v) is 5.44. The molecule has 2 aromatic carbocycles. The van der Waals surface area contributed by atoms with E-state index < -0.39 is 30.2 Å². The number of aryl methyl sites for hydroxylation is 1. The molecule has 3 rings (SSSR count). The third kappa shape index (κ3) is 6.93. The Morgan fingerprint density at radius 2 is 1.81 bits per heavy atom. The molecule has 0 aromatic heterocycles. The van der Waals surface area contributed by atoms with Crippen molar-refractivity contribution < 1.29 is 32.2 Å². The second-order valence-electron chi connectivity index (χ2n) is 8.00. The van der Waals surface area contributed by atoms with E-state index in [1.54, 1.807) is 19.1 Å². The zero-order valence-corrected chi connectivity index (χ0v) is 17.7. The standard InChI is InChI=1S/C23H26F4N2O3/c1-15-4-7-17(13-19(15)24)22(31)20(14-29-10-2-3-11-29)28-21(30)12-16-5-8-18(9-6-16)32-23(25,26)27/h4-9,13,20,22,31H,2-3,10-12,14H2,1H3,(H,28,30)/t20-,22-/m1/s1. The third-order valence-electron chi connectivity index (χ3n) is 5.44. The molecule has 1 aliphatic rings. The molecule has 2 atom stereocenters. The van der Waals surface area contributed by atoms with Crippen LogP contribution in [-0.4, -0.2) is 48.0 Å². The van der Waals surface area contributed by atoms with E-state index in [9.17, 15) is 27.5 Å². The second kappa shape index (κ2) is 10.3. The fourth-order valence-electron chi connectivity index (χ4n) is 3.75. The Balaban J connectivity index is 1.68. The predicted octanol–water partition coefficient (Wildman–Crippen LogP) is 3.89. The molecule has 0 bridgehead atoms. The average molecular weight is 454 g/mol. The number of carbonyl (C=O) groups excluding carboxylic acids is 1. The summed E-state index contributed by atoms with van der Waals surface area (Å²) in [5.41, 5.74) is 1.32. The molecule has 32 heavy (non-hydrogen) atoms. The lowest BCUT2D eigenvalue weighted by atomic mass is 9.99. The Hall–Kier alpha value is -2.65. The van der Waals surface area contributed by atoms with Crippen LogP contribution in [-0.2, 0) is 11.2 Å². The molecule has 0 saturated carbocycles. The SMILES string of the molecule is Cc1ccc([C@@H](O)[C@@H](CN2CCCC2)NC(=O)Cc2ccc(OC(F)(F)F)cc2)cc1F. The van der Waals surface area contributed by atoms with E-state index >= 15 is 0 Å². The van der Waals surface area contributed by atoms with E-state index in [0.29, 0.717) is 23.2 Å². The van der Waals surface area contributed by atoms with E-state index in [2.05, 4.69) is 15.0 Å². The molecule has 174 valence electrons. The van der Waals surface area contributed by atoms with E-state index in [-0.39, 0.29) is 12.2 Å². The highest BCUT2D eigenvalue weighted by Crippen LogP contribution is 2.24. The first-order valence-electron chi connectivity index (χ1n) is 10.4. The van der Waals surface area contributed by atoms with Crippen LogP contribution in [0.3, 0.4) is 0 Å². The number of alkyl halides is 3. The van der Waals surface area contributed by atoms with Crippen molar-refractivity contribution in [2.75, 3.05) is 19.6 Å². The minimum absolute atomic E-state index is 0.0855. The number of hydrogen-bond donors (Lipinski definition) is 2. The van der Waals surface area contributed by atoms with Crippen molar-refractivity contribution >= 4 is 5.91 Å². The van der Waals surface area contributed by atoms with Crippen molar-refractivity contribution in [1.29, 1.82) is 0 Å². The maximum atomic E-state index is 14.0. The molecular weight excluding hydrogens is 428 g/mol. The summed E-state index contributed by atoms with van der Waals surface area (Å²) in [7, 11) is 0. The van der Waals surface area contributed by atoms with Gasteiger partial charge in [-0.1, -0.05) is 24.3 Å². The normalized spacial score (nSPS) is 16.6. The summed E-state index contributed by atoms with van der Waals surface area (Å²) in [6, 6.07) is 8.84. The molecule has 0 aliphatic carbocycles. The fraction of sp³-hybridized carbons (Fsp3) is 0.435. The highest BCUT2D eigenvalue weighted by atomic mass is 19.4. The van der Waals surface area contributed by atoms with Crippen molar-refractivity contribution in [3.8, 4) is 5.75 Å². The topological polar surface area (TPSA) is 61.8 Å². The second-order valence-corrected chi connectivity index (χ2v) is 8.00. The number of aliphatic hydroxyl groups excluding tert-OH is 1. The minimum atomic E-state index is -4.78. The van der Waals surface area contributed by atoms with Crippen molar-refractivity contribution in [1.82, 2.24) is 10.2 Å². The molecule has 1 saturated heterocycles. The zero-order chi connectivity index (χ0) is 23.3. The molecule has 0 radical (unpaired) electrons. The molecule has 5 nitrogen and oxygen atoms in total. The highest BCUT2D eigenvalue weighted by molar-refractivity contribution is 5.79. The van der Waals surface area contributed by atoms with Gasteiger partial charge in [-0.05, 0) is 67.7 Å². The first-order valence-corrected chi connectivity index (χ1v) is 10.4. The Morgan fingerprint density at radius 1 is 1.16 bits per heavy atom. The number of aliphatic hydroxyl groups is 1. The number of hydrogen-bond acceptors (Lipinski definition) is 4. The molecule has 1 heterocycles. The van der Waals surface area contributed by atoms with Crippen LogP contribution in [0.15, 0.2) is 42.5 Å². The Morgan fingerprint density at radius 3 is 2.41 bits per heavy atom. The first kappa shape index (κ1) is 24.0. The predicted molar refractivity (Wildman–Crippen MR) is 111 cm³/mol. The monoisotopic (exact) mass is 454 g/mol. The quantitative estimate of drug-likeness (QED) is 0.595. The van der Waals surface area contributed by atoms with E-state index in [1.165, 1.54) is 18.2 Å². The number of nitrogens with one attached hydrogen (secondary N) is 1. The van der Waals surface area contributed by atoms with Gasteiger partial charge >= 0.3 is 6.36 Å². The van der Waals surface area contributed by atoms with Gasteiger partial charge in [-0.15, -0.1) is 13.2 Å². The minimum Gasteiger partial charge on any atom is -0.406 e. The summed E-state index contributed by atoms with van der Waals surface area (Å²) in [6.45, 7) is 3.73. The molecule has 1 fully saturated rings. The number of benzene rings is 2. The van der Waals surface area contributed by atoms with Crippen LogP contribution in [0.25, 0.3) is 0 Å². The molecular formula is C23H26F4N2O3. The largest absolute Gasteiger partial charge is 0.573 e. The number of ether oxygens (including phenoxy) is 1. The van der Waals surface area contributed by atoms with Crippen LogP contribution in [0.1, 0.15) is 35.6 Å². The maximum Gasteiger partial charge on any atom is 0.573 e. The summed E-state index contributed by atoms with van der Waals surface area (Å²) >= 11 is 0. The lowest BCUT2D eigenvalue weighted by Crippen LogP contribution is -2.47. The van der Waals surface area contributed by atoms with Crippen molar-refractivity contribution in [2.45, 2.75) is 44.7 Å². The van der Waals surface area contributed by atoms with Crippen LogP contribution in [0.2, 0.25) is 0 Å². The summed E-state index contributed by atoms with van der Waals surface area (Å²) in [6.07, 6.45) is -3.92. The van der Waals surface area contributed by atoms with Gasteiger partial charge < -0.3 is 20.1 Å². The zero-order valence-electron chi connectivity index (χ0n) is 17.7. The van der Waals surface area contributed by atoms with Crippen LogP contribution >= 0.6 is 0 Å². The summed E-state index contributed by atoms with van der Waals surface area (Å²) < 4.78 is 54.7.